The molecule has 17 heavy (non-hydrogen) atoms. The highest BCUT2D eigenvalue weighted by Gasteiger charge is 2.10. The van der Waals surface area contributed by atoms with Crippen LogP contribution in [0.25, 0.3) is 21.6 Å². The van der Waals surface area contributed by atoms with E-state index in [1.165, 1.54) is 11.3 Å². The Bertz CT molecular complexity index is 684. The van der Waals surface area contributed by atoms with Crippen molar-refractivity contribution in [1.29, 1.82) is 0 Å². The number of thiophene rings is 1. The zero-order chi connectivity index (χ0) is 11.8. The molecule has 0 saturated carbocycles. The van der Waals surface area contributed by atoms with Crippen LogP contribution in [0.3, 0.4) is 0 Å². The van der Waals surface area contributed by atoms with E-state index in [0.29, 0.717) is 11.0 Å². The maximum atomic E-state index is 6.15. The summed E-state index contributed by atoms with van der Waals surface area (Å²) < 4.78 is 1.90. The van der Waals surface area contributed by atoms with E-state index in [0.717, 1.165) is 19.6 Å². The Labute approximate surface area is 115 Å². The fourth-order valence-corrected chi connectivity index (χ4v) is 3.20. The second-order valence-electron chi connectivity index (χ2n) is 3.34. The number of pyridine rings is 1. The molecular weight excluding hydrogens is 322 g/mol. The lowest BCUT2D eigenvalue weighted by molar-refractivity contribution is 1.22. The molecule has 0 spiro atoms. The molecule has 0 atom stereocenters. The summed E-state index contributed by atoms with van der Waals surface area (Å²) in [5, 5.41) is 0.484. The van der Waals surface area contributed by atoms with Crippen LogP contribution in [0.5, 0.6) is 0 Å². The lowest BCUT2D eigenvalue weighted by Crippen LogP contribution is -1.89. The second-order valence-corrected chi connectivity index (χ2v) is 6.13. The molecule has 0 aromatic carbocycles. The first kappa shape index (κ1) is 11.1. The van der Waals surface area contributed by atoms with Crippen LogP contribution in [-0.4, -0.2) is 15.0 Å². The molecule has 0 amide bonds. The van der Waals surface area contributed by atoms with Gasteiger partial charge < -0.3 is 0 Å². The van der Waals surface area contributed by atoms with Gasteiger partial charge in [-0.15, -0.1) is 11.3 Å². The highest BCUT2D eigenvalue weighted by molar-refractivity contribution is 9.11. The standard InChI is InChI=1S/C11H5BrClN3S/c12-8-5-7-9(17-8)10(13)16-11(15-7)6-1-3-14-4-2-6/h1-5H. The van der Waals surface area contributed by atoms with E-state index in [9.17, 15) is 0 Å². The number of fused-ring (bicyclic) bond motifs is 1. The Hall–Kier alpha value is -1.04. The van der Waals surface area contributed by atoms with Crippen LogP contribution < -0.4 is 0 Å². The first-order valence-corrected chi connectivity index (χ1v) is 6.76. The predicted molar refractivity (Wildman–Crippen MR) is 73.4 cm³/mol. The highest BCUT2D eigenvalue weighted by atomic mass is 79.9. The van der Waals surface area contributed by atoms with E-state index in [-0.39, 0.29) is 0 Å². The van der Waals surface area contributed by atoms with Gasteiger partial charge in [-0.1, -0.05) is 11.6 Å². The van der Waals surface area contributed by atoms with Gasteiger partial charge in [0.05, 0.1) is 14.0 Å². The monoisotopic (exact) mass is 325 g/mol. The van der Waals surface area contributed by atoms with Crippen LogP contribution in [0, 0.1) is 0 Å². The molecular formula is C11H5BrClN3S. The predicted octanol–water partition coefficient (Wildman–Crippen LogP) is 4.17. The Balaban J connectivity index is 2.25. The van der Waals surface area contributed by atoms with E-state index in [1.54, 1.807) is 12.4 Å². The van der Waals surface area contributed by atoms with Gasteiger partial charge in [0.1, 0.15) is 0 Å². The van der Waals surface area contributed by atoms with Crippen molar-refractivity contribution < 1.29 is 0 Å². The quantitative estimate of drug-likeness (QED) is 0.630. The highest BCUT2D eigenvalue weighted by Crippen LogP contribution is 2.34. The number of halogens is 2. The van der Waals surface area contributed by atoms with Gasteiger partial charge in [-0.2, -0.15) is 0 Å². The number of aromatic nitrogens is 3. The summed E-state index contributed by atoms with van der Waals surface area (Å²) in [5.74, 6) is 0.621. The summed E-state index contributed by atoms with van der Waals surface area (Å²) in [6, 6.07) is 5.66. The Morgan fingerprint density at radius 3 is 2.71 bits per heavy atom. The fourth-order valence-electron chi connectivity index (χ4n) is 1.50. The lowest BCUT2D eigenvalue weighted by Gasteiger charge is -2.00. The van der Waals surface area contributed by atoms with Gasteiger partial charge >= 0.3 is 0 Å². The zero-order valence-electron chi connectivity index (χ0n) is 8.39. The molecule has 0 aliphatic carbocycles. The zero-order valence-corrected chi connectivity index (χ0v) is 11.6. The van der Waals surface area contributed by atoms with Crippen molar-refractivity contribution in [1.82, 2.24) is 15.0 Å². The van der Waals surface area contributed by atoms with Crippen LogP contribution >= 0.6 is 38.9 Å². The van der Waals surface area contributed by atoms with Crippen molar-refractivity contribution in [2.45, 2.75) is 0 Å². The molecule has 84 valence electrons. The van der Waals surface area contributed by atoms with Crippen molar-refractivity contribution in [2.75, 3.05) is 0 Å². The van der Waals surface area contributed by atoms with Gasteiger partial charge in [0.15, 0.2) is 11.0 Å². The topological polar surface area (TPSA) is 38.7 Å². The summed E-state index contributed by atoms with van der Waals surface area (Å²) in [6.45, 7) is 0. The normalized spacial score (nSPS) is 10.9. The smallest absolute Gasteiger partial charge is 0.161 e. The van der Waals surface area contributed by atoms with Crippen LogP contribution in [0.2, 0.25) is 5.15 Å². The van der Waals surface area contributed by atoms with Crippen LogP contribution in [0.15, 0.2) is 34.4 Å². The molecule has 3 aromatic heterocycles. The summed E-state index contributed by atoms with van der Waals surface area (Å²) in [6.07, 6.45) is 3.42. The molecule has 0 radical (unpaired) electrons. The number of hydrogen-bond donors (Lipinski definition) is 0. The van der Waals surface area contributed by atoms with Crippen molar-refractivity contribution in [3.8, 4) is 11.4 Å². The van der Waals surface area contributed by atoms with Gasteiger partial charge in [-0.3, -0.25) is 4.98 Å². The number of nitrogens with zero attached hydrogens (tertiary/aromatic N) is 3. The molecule has 0 aliphatic heterocycles. The average Bonchev–Trinajstić information content (AvgIpc) is 2.71. The number of hydrogen-bond acceptors (Lipinski definition) is 4. The van der Waals surface area contributed by atoms with Gasteiger partial charge in [-0.05, 0) is 34.1 Å². The Kier molecular flexibility index (Phi) is 2.82. The molecule has 0 aliphatic rings. The summed E-state index contributed by atoms with van der Waals surface area (Å²) in [7, 11) is 0. The average molecular weight is 327 g/mol. The molecule has 3 aromatic rings. The SMILES string of the molecule is Clc1nc(-c2ccncc2)nc2cc(Br)sc12. The lowest BCUT2D eigenvalue weighted by atomic mass is 10.2. The largest absolute Gasteiger partial charge is 0.265 e. The molecule has 0 fully saturated rings. The molecule has 0 saturated heterocycles. The first-order valence-electron chi connectivity index (χ1n) is 4.77. The van der Waals surface area contributed by atoms with E-state index < -0.39 is 0 Å². The van der Waals surface area contributed by atoms with Gasteiger partial charge in [-0.25, -0.2) is 9.97 Å². The van der Waals surface area contributed by atoms with Crippen molar-refractivity contribution >= 4 is 49.1 Å². The second kappa shape index (κ2) is 4.33. The van der Waals surface area contributed by atoms with Crippen molar-refractivity contribution in [2.24, 2.45) is 0 Å². The van der Waals surface area contributed by atoms with Gasteiger partial charge in [0.2, 0.25) is 0 Å². The van der Waals surface area contributed by atoms with Crippen LogP contribution in [0.1, 0.15) is 0 Å². The molecule has 3 rings (SSSR count). The maximum absolute atomic E-state index is 6.15. The third-order valence-electron chi connectivity index (χ3n) is 2.24. The van der Waals surface area contributed by atoms with Crippen molar-refractivity contribution in [3.63, 3.8) is 0 Å². The molecule has 3 heterocycles. The molecule has 3 nitrogen and oxygen atoms in total. The van der Waals surface area contributed by atoms with Crippen LogP contribution in [0.4, 0.5) is 0 Å². The minimum atomic E-state index is 0.484. The third-order valence-corrected chi connectivity index (χ3v) is 4.26. The van der Waals surface area contributed by atoms with E-state index >= 15 is 0 Å². The van der Waals surface area contributed by atoms with Gasteiger partial charge in [0, 0.05) is 18.0 Å². The van der Waals surface area contributed by atoms with E-state index in [4.69, 9.17) is 11.6 Å². The minimum absolute atomic E-state index is 0.484. The maximum Gasteiger partial charge on any atom is 0.161 e. The summed E-state index contributed by atoms with van der Waals surface area (Å²) in [5.41, 5.74) is 1.76. The van der Waals surface area contributed by atoms with E-state index in [1.807, 2.05) is 18.2 Å². The van der Waals surface area contributed by atoms with E-state index in [2.05, 4.69) is 30.9 Å². The van der Waals surface area contributed by atoms with Gasteiger partial charge in [0.25, 0.3) is 0 Å². The molecule has 0 unspecified atom stereocenters. The Morgan fingerprint density at radius 2 is 1.94 bits per heavy atom. The molecule has 0 N–H and O–H groups in total. The third kappa shape index (κ3) is 2.06. The fraction of sp³-hybridized carbons (Fsp3) is 0. The first-order chi connectivity index (χ1) is 8.24. The number of rotatable bonds is 1. The van der Waals surface area contributed by atoms with Crippen LogP contribution in [-0.2, 0) is 0 Å². The Morgan fingerprint density at radius 1 is 1.18 bits per heavy atom. The van der Waals surface area contributed by atoms with Crippen molar-refractivity contribution in [3.05, 3.63) is 39.5 Å². The molecule has 0 bridgehead atoms. The summed E-state index contributed by atoms with van der Waals surface area (Å²) in [4.78, 5) is 12.8. The minimum Gasteiger partial charge on any atom is -0.265 e. The summed E-state index contributed by atoms with van der Waals surface area (Å²) >= 11 is 11.1. The molecule has 6 heteroatoms.